The number of unbranched alkanes of at least 4 members (excludes halogenated alkanes) is 3. The second kappa shape index (κ2) is 11.9. The van der Waals surface area contributed by atoms with Crippen LogP contribution in [0.3, 0.4) is 0 Å². The lowest BCUT2D eigenvalue weighted by Gasteiger charge is -2.24. The van der Waals surface area contributed by atoms with Crippen LogP contribution in [0.25, 0.3) is 0 Å². The molecule has 1 aromatic heterocycles. The number of rotatable bonds is 12. The lowest BCUT2D eigenvalue weighted by Crippen LogP contribution is -2.43. The van der Waals surface area contributed by atoms with Crippen molar-refractivity contribution in [3.63, 3.8) is 0 Å². The molecule has 174 valence electrons. The van der Waals surface area contributed by atoms with Gasteiger partial charge in [-0.1, -0.05) is 33.1 Å². The Hall–Kier alpha value is -3.36. The fraction of sp³-hybridized carbons (Fsp3) is 0.478. The molecule has 9 nitrogen and oxygen atoms in total. The highest BCUT2D eigenvalue weighted by Crippen LogP contribution is 2.19. The number of nitrogen functional groups attached to an aromatic ring is 1. The molecule has 9 heteroatoms. The molecule has 32 heavy (non-hydrogen) atoms. The minimum absolute atomic E-state index is 0.0251. The van der Waals surface area contributed by atoms with E-state index < -0.39 is 17.2 Å². The SMILES string of the molecule is CCCCCN(C(=O)COc1ccc(C(C)=O)cc1)c1c(N)n(CCCC)c(=O)[nH]c1=O. The molecule has 0 aliphatic carbocycles. The van der Waals surface area contributed by atoms with E-state index >= 15 is 0 Å². The predicted molar refractivity (Wildman–Crippen MR) is 124 cm³/mol. The highest BCUT2D eigenvalue weighted by Gasteiger charge is 2.24. The summed E-state index contributed by atoms with van der Waals surface area (Å²) in [6, 6.07) is 6.45. The number of ether oxygens (including phenoxy) is 1. The number of nitrogens with two attached hydrogens (primary N) is 1. The number of carbonyl (C=O) groups is 2. The standard InChI is InChI=1S/C23H32N4O5/c1-4-6-8-14-26(19(29)15-32-18-11-9-17(10-12-18)16(3)28)20-21(24)27(13-7-5-2)23(31)25-22(20)30/h9-12H,4-8,13-15,24H2,1-3H3,(H,25,30,31). The van der Waals surface area contributed by atoms with E-state index in [1.807, 2.05) is 13.8 Å². The number of H-pyrrole nitrogens is 1. The first-order valence-electron chi connectivity index (χ1n) is 11.0. The largest absolute Gasteiger partial charge is 0.484 e. The van der Waals surface area contributed by atoms with Crippen molar-refractivity contribution < 1.29 is 14.3 Å². The molecule has 2 rings (SSSR count). The van der Waals surface area contributed by atoms with Gasteiger partial charge in [-0.15, -0.1) is 0 Å². The molecule has 2 aromatic rings. The zero-order valence-electron chi connectivity index (χ0n) is 19.0. The van der Waals surface area contributed by atoms with Gasteiger partial charge in [-0.3, -0.25) is 23.9 Å². The Morgan fingerprint density at radius 3 is 2.31 bits per heavy atom. The molecule has 1 aromatic carbocycles. The molecule has 0 bridgehead atoms. The summed E-state index contributed by atoms with van der Waals surface area (Å²) in [7, 11) is 0. The maximum Gasteiger partial charge on any atom is 0.330 e. The summed E-state index contributed by atoms with van der Waals surface area (Å²) >= 11 is 0. The third kappa shape index (κ3) is 6.32. The maximum atomic E-state index is 13.1. The lowest BCUT2D eigenvalue weighted by atomic mass is 10.1. The summed E-state index contributed by atoms with van der Waals surface area (Å²) in [5.74, 6) is -0.119. The van der Waals surface area contributed by atoms with E-state index in [1.54, 1.807) is 24.3 Å². The van der Waals surface area contributed by atoms with Crippen molar-refractivity contribution in [1.29, 1.82) is 0 Å². The first-order valence-corrected chi connectivity index (χ1v) is 11.0. The molecular formula is C23H32N4O5. The first kappa shape index (κ1) is 24.9. The van der Waals surface area contributed by atoms with E-state index in [1.165, 1.54) is 16.4 Å². The topological polar surface area (TPSA) is 127 Å². The van der Waals surface area contributed by atoms with Crippen LogP contribution in [-0.2, 0) is 11.3 Å². The van der Waals surface area contributed by atoms with Gasteiger partial charge in [-0.25, -0.2) is 4.79 Å². The Morgan fingerprint density at radius 1 is 1.06 bits per heavy atom. The number of Topliss-reactive ketones (excluding diaryl/α,β-unsaturated/α-hetero) is 1. The van der Waals surface area contributed by atoms with Crippen molar-refractivity contribution in [2.45, 2.75) is 59.4 Å². The third-order valence-corrected chi connectivity index (χ3v) is 5.13. The number of carbonyl (C=O) groups excluding carboxylic acids is 2. The second-order valence-electron chi connectivity index (χ2n) is 7.62. The van der Waals surface area contributed by atoms with Gasteiger partial charge < -0.3 is 15.4 Å². The summed E-state index contributed by atoms with van der Waals surface area (Å²) in [6.45, 7) is 5.79. The van der Waals surface area contributed by atoms with Gasteiger partial charge in [0.15, 0.2) is 18.1 Å². The van der Waals surface area contributed by atoms with E-state index in [4.69, 9.17) is 10.5 Å². The molecule has 0 saturated carbocycles. The number of amides is 1. The van der Waals surface area contributed by atoms with Crippen molar-refractivity contribution in [3.05, 3.63) is 50.7 Å². The lowest BCUT2D eigenvalue weighted by molar-refractivity contribution is -0.120. The van der Waals surface area contributed by atoms with Crippen LogP contribution in [0, 0.1) is 0 Å². The van der Waals surface area contributed by atoms with E-state index in [-0.39, 0.29) is 30.4 Å². The normalized spacial score (nSPS) is 10.7. The maximum absolute atomic E-state index is 13.1. The summed E-state index contributed by atoms with van der Waals surface area (Å²) in [6.07, 6.45) is 4.02. The number of benzene rings is 1. The van der Waals surface area contributed by atoms with Gasteiger partial charge in [-0.05, 0) is 44.0 Å². The van der Waals surface area contributed by atoms with Gasteiger partial charge in [0.05, 0.1) is 0 Å². The van der Waals surface area contributed by atoms with Crippen LogP contribution in [0.15, 0.2) is 33.9 Å². The Balaban J connectivity index is 2.30. The number of ketones is 1. The van der Waals surface area contributed by atoms with Crippen LogP contribution in [-0.4, -0.2) is 34.4 Å². The predicted octanol–water partition coefficient (Wildman–Crippen LogP) is 2.72. The Bertz CT molecular complexity index is 1040. The van der Waals surface area contributed by atoms with Gasteiger partial charge in [-0.2, -0.15) is 0 Å². The third-order valence-electron chi connectivity index (χ3n) is 5.13. The van der Waals surface area contributed by atoms with Crippen LogP contribution in [0.1, 0.15) is 63.2 Å². The Kier molecular flexibility index (Phi) is 9.24. The molecule has 0 radical (unpaired) electrons. The second-order valence-corrected chi connectivity index (χ2v) is 7.62. The summed E-state index contributed by atoms with van der Waals surface area (Å²) in [5, 5.41) is 0. The van der Waals surface area contributed by atoms with Gasteiger partial charge in [0.25, 0.3) is 11.5 Å². The van der Waals surface area contributed by atoms with Crippen LogP contribution in [0.5, 0.6) is 5.75 Å². The molecule has 0 aliphatic heterocycles. The number of aromatic amines is 1. The zero-order chi connectivity index (χ0) is 23.7. The minimum Gasteiger partial charge on any atom is -0.484 e. The molecule has 0 spiro atoms. The fourth-order valence-corrected chi connectivity index (χ4v) is 3.27. The minimum atomic E-state index is -0.698. The molecule has 0 fully saturated rings. The summed E-state index contributed by atoms with van der Waals surface area (Å²) < 4.78 is 6.88. The van der Waals surface area contributed by atoms with Gasteiger partial charge in [0.1, 0.15) is 11.6 Å². The average molecular weight is 445 g/mol. The number of anilines is 2. The van der Waals surface area contributed by atoms with Gasteiger partial charge >= 0.3 is 5.69 Å². The number of aromatic nitrogens is 2. The molecule has 0 aliphatic rings. The van der Waals surface area contributed by atoms with Gasteiger partial charge in [0, 0.05) is 18.7 Å². The van der Waals surface area contributed by atoms with Crippen molar-refractivity contribution in [2.24, 2.45) is 0 Å². The molecule has 1 amide bonds. The van der Waals surface area contributed by atoms with E-state index in [2.05, 4.69) is 4.98 Å². The van der Waals surface area contributed by atoms with Gasteiger partial charge in [0.2, 0.25) is 0 Å². The number of hydrogen-bond acceptors (Lipinski definition) is 6. The van der Waals surface area contributed by atoms with Crippen LogP contribution >= 0.6 is 0 Å². The highest BCUT2D eigenvalue weighted by atomic mass is 16.5. The molecule has 3 N–H and O–H groups in total. The summed E-state index contributed by atoms with van der Waals surface area (Å²) in [5.41, 5.74) is 5.42. The Morgan fingerprint density at radius 2 is 1.72 bits per heavy atom. The molecular weight excluding hydrogens is 412 g/mol. The number of nitrogens with zero attached hydrogens (tertiary/aromatic N) is 2. The average Bonchev–Trinajstić information content (AvgIpc) is 2.76. The van der Waals surface area contributed by atoms with Crippen molar-refractivity contribution in [3.8, 4) is 5.75 Å². The van der Waals surface area contributed by atoms with E-state index in [9.17, 15) is 19.2 Å². The molecule has 1 heterocycles. The highest BCUT2D eigenvalue weighted by molar-refractivity contribution is 5.96. The molecule has 0 saturated heterocycles. The monoisotopic (exact) mass is 444 g/mol. The van der Waals surface area contributed by atoms with Crippen LogP contribution in [0.4, 0.5) is 11.5 Å². The van der Waals surface area contributed by atoms with Crippen molar-refractivity contribution in [2.75, 3.05) is 23.8 Å². The van der Waals surface area contributed by atoms with Crippen LogP contribution in [0.2, 0.25) is 0 Å². The van der Waals surface area contributed by atoms with Crippen LogP contribution < -0.4 is 26.6 Å². The number of nitrogens with one attached hydrogen (secondary N) is 1. The van der Waals surface area contributed by atoms with Crippen molar-refractivity contribution >= 4 is 23.2 Å². The van der Waals surface area contributed by atoms with E-state index in [0.717, 1.165) is 19.3 Å². The molecule has 0 unspecified atom stereocenters. The summed E-state index contributed by atoms with van der Waals surface area (Å²) in [4.78, 5) is 52.9. The Labute approximate surface area is 187 Å². The number of hydrogen-bond donors (Lipinski definition) is 2. The van der Waals surface area contributed by atoms with E-state index in [0.29, 0.717) is 30.7 Å². The fourth-order valence-electron chi connectivity index (χ4n) is 3.27. The molecule has 0 atom stereocenters. The first-order chi connectivity index (χ1) is 15.3. The van der Waals surface area contributed by atoms with Crippen molar-refractivity contribution in [1.82, 2.24) is 9.55 Å². The smallest absolute Gasteiger partial charge is 0.330 e. The zero-order valence-corrected chi connectivity index (χ0v) is 19.0. The quantitative estimate of drug-likeness (QED) is 0.383.